The first-order valence-corrected chi connectivity index (χ1v) is 10.8. The van der Waals surface area contributed by atoms with Crippen LogP contribution in [0.25, 0.3) is 0 Å². The molecule has 0 aliphatic carbocycles. The second kappa shape index (κ2) is 7.76. The number of amides is 1. The zero-order valence-corrected chi connectivity index (χ0v) is 17.3. The van der Waals surface area contributed by atoms with Crippen LogP contribution in [0.3, 0.4) is 0 Å². The van der Waals surface area contributed by atoms with Gasteiger partial charge in [-0.15, -0.1) is 0 Å². The molecule has 3 aromatic rings. The summed E-state index contributed by atoms with van der Waals surface area (Å²) in [7, 11) is -3.71. The van der Waals surface area contributed by atoms with Crippen LogP contribution in [-0.2, 0) is 10.0 Å². The van der Waals surface area contributed by atoms with E-state index in [1.54, 1.807) is 42.5 Å². The summed E-state index contributed by atoms with van der Waals surface area (Å²) < 4.78 is 38.7. The molecule has 1 heterocycles. The Morgan fingerprint density at radius 2 is 1.52 bits per heavy atom. The van der Waals surface area contributed by atoms with Crippen molar-refractivity contribution >= 4 is 43.2 Å². The minimum atomic E-state index is -3.71. The largest absolute Gasteiger partial charge is 0.454 e. The van der Waals surface area contributed by atoms with Crippen LogP contribution in [0.1, 0.15) is 10.4 Å². The molecular weight excluding hydrogens is 460 g/mol. The Morgan fingerprint density at radius 3 is 2.24 bits per heavy atom. The average molecular weight is 475 g/mol. The minimum absolute atomic E-state index is 0.144. The number of halogens is 1. The smallest absolute Gasteiger partial charge is 0.261 e. The summed E-state index contributed by atoms with van der Waals surface area (Å²) in [5.74, 6) is 0.872. The van der Waals surface area contributed by atoms with Gasteiger partial charge in [-0.3, -0.25) is 9.52 Å². The number of hydrogen-bond acceptors (Lipinski definition) is 5. The van der Waals surface area contributed by atoms with E-state index in [-0.39, 0.29) is 17.6 Å². The van der Waals surface area contributed by atoms with Crippen LogP contribution in [0.4, 0.5) is 11.4 Å². The summed E-state index contributed by atoms with van der Waals surface area (Å²) >= 11 is 3.27. The maximum Gasteiger partial charge on any atom is 0.261 e. The molecule has 0 fully saturated rings. The molecule has 0 unspecified atom stereocenters. The van der Waals surface area contributed by atoms with Gasteiger partial charge in [0.2, 0.25) is 6.79 Å². The van der Waals surface area contributed by atoms with Gasteiger partial charge in [0.05, 0.1) is 4.90 Å². The van der Waals surface area contributed by atoms with Gasteiger partial charge in [-0.1, -0.05) is 15.9 Å². The second-order valence-electron chi connectivity index (χ2n) is 6.16. The van der Waals surface area contributed by atoms with Gasteiger partial charge in [0.1, 0.15) is 0 Å². The maximum atomic E-state index is 12.4. The van der Waals surface area contributed by atoms with Crippen LogP contribution in [0, 0.1) is 0 Å². The first-order chi connectivity index (χ1) is 13.9. The molecule has 2 N–H and O–H groups in total. The molecule has 3 aromatic carbocycles. The molecule has 29 heavy (non-hydrogen) atoms. The van der Waals surface area contributed by atoms with Gasteiger partial charge >= 0.3 is 0 Å². The molecule has 0 bridgehead atoms. The Bertz CT molecular complexity index is 1160. The van der Waals surface area contributed by atoms with Gasteiger partial charge in [0.25, 0.3) is 15.9 Å². The second-order valence-corrected chi connectivity index (χ2v) is 8.76. The molecular formula is C20H15BrN2O5S. The van der Waals surface area contributed by atoms with Gasteiger partial charge in [-0.25, -0.2) is 8.42 Å². The van der Waals surface area contributed by atoms with Crippen molar-refractivity contribution in [2.24, 2.45) is 0 Å². The molecule has 7 nitrogen and oxygen atoms in total. The Labute approximate surface area is 175 Å². The minimum Gasteiger partial charge on any atom is -0.454 e. The van der Waals surface area contributed by atoms with Crippen LogP contribution < -0.4 is 19.5 Å². The molecule has 0 aromatic heterocycles. The number of benzene rings is 3. The van der Waals surface area contributed by atoms with Crippen molar-refractivity contribution in [1.29, 1.82) is 0 Å². The van der Waals surface area contributed by atoms with Crippen LogP contribution >= 0.6 is 15.9 Å². The standard InChI is InChI=1S/C20H15BrN2O5S/c21-14-3-8-17(9-4-14)29(25,26)23-15-5-1-13(2-6-15)20(24)22-16-7-10-18-19(11-16)28-12-27-18/h1-11,23H,12H2,(H,22,24). The van der Waals surface area contributed by atoms with Gasteiger partial charge < -0.3 is 14.8 Å². The Hall–Kier alpha value is -3.04. The first-order valence-electron chi connectivity index (χ1n) is 8.50. The third-order valence-corrected chi connectivity index (χ3v) is 6.08. The highest BCUT2D eigenvalue weighted by atomic mass is 79.9. The molecule has 1 aliphatic rings. The highest BCUT2D eigenvalue weighted by Gasteiger charge is 2.16. The van der Waals surface area contributed by atoms with E-state index in [1.165, 1.54) is 24.3 Å². The van der Waals surface area contributed by atoms with E-state index in [2.05, 4.69) is 26.0 Å². The third kappa shape index (κ3) is 4.36. The molecule has 0 radical (unpaired) electrons. The van der Waals surface area contributed by atoms with Crippen LogP contribution in [0.15, 0.2) is 76.1 Å². The molecule has 0 saturated carbocycles. The summed E-state index contributed by atoms with van der Waals surface area (Å²) in [4.78, 5) is 12.6. The number of ether oxygens (including phenoxy) is 2. The van der Waals surface area contributed by atoms with Crippen LogP contribution in [0.5, 0.6) is 11.5 Å². The molecule has 1 amide bonds. The number of carbonyl (C=O) groups excluding carboxylic acids is 1. The molecule has 0 spiro atoms. The van der Waals surface area contributed by atoms with E-state index < -0.39 is 10.0 Å². The van der Waals surface area contributed by atoms with Crippen molar-refractivity contribution in [1.82, 2.24) is 0 Å². The zero-order chi connectivity index (χ0) is 20.4. The monoisotopic (exact) mass is 474 g/mol. The molecule has 0 atom stereocenters. The number of fused-ring (bicyclic) bond motifs is 1. The summed E-state index contributed by atoms with van der Waals surface area (Å²) in [5.41, 5.74) is 1.31. The average Bonchev–Trinajstić information content (AvgIpc) is 3.16. The molecule has 148 valence electrons. The predicted molar refractivity (Wildman–Crippen MR) is 112 cm³/mol. The SMILES string of the molecule is O=C(Nc1ccc2c(c1)OCO2)c1ccc(NS(=O)(=O)c2ccc(Br)cc2)cc1. The fourth-order valence-corrected chi connectivity index (χ4v) is 4.02. The van der Waals surface area contributed by atoms with E-state index in [4.69, 9.17) is 9.47 Å². The van der Waals surface area contributed by atoms with Gasteiger partial charge in [0, 0.05) is 27.5 Å². The highest BCUT2D eigenvalue weighted by Crippen LogP contribution is 2.34. The fourth-order valence-electron chi connectivity index (χ4n) is 2.70. The number of anilines is 2. The lowest BCUT2D eigenvalue weighted by Gasteiger charge is -2.10. The lowest BCUT2D eigenvalue weighted by atomic mass is 10.2. The number of hydrogen-bond donors (Lipinski definition) is 2. The van der Waals surface area contributed by atoms with E-state index in [1.807, 2.05) is 0 Å². The quantitative estimate of drug-likeness (QED) is 0.576. The lowest BCUT2D eigenvalue weighted by molar-refractivity contribution is 0.102. The Balaban J connectivity index is 1.44. The van der Waals surface area contributed by atoms with Crippen molar-refractivity contribution in [3.63, 3.8) is 0 Å². The van der Waals surface area contributed by atoms with Crippen molar-refractivity contribution in [3.05, 3.63) is 76.8 Å². The number of nitrogens with one attached hydrogen (secondary N) is 2. The van der Waals surface area contributed by atoms with Crippen LogP contribution in [-0.4, -0.2) is 21.1 Å². The summed E-state index contributed by atoms with van der Waals surface area (Å²) in [6.45, 7) is 0.157. The number of sulfonamides is 1. The third-order valence-electron chi connectivity index (χ3n) is 4.15. The molecule has 4 rings (SSSR count). The van der Waals surface area contributed by atoms with Crippen molar-refractivity contribution < 1.29 is 22.7 Å². The molecule has 1 aliphatic heterocycles. The lowest BCUT2D eigenvalue weighted by Crippen LogP contribution is -2.14. The topological polar surface area (TPSA) is 93.7 Å². The van der Waals surface area contributed by atoms with E-state index in [0.717, 1.165) is 4.47 Å². The predicted octanol–water partition coefficient (Wildman–Crippen LogP) is 4.23. The van der Waals surface area contributed by atoms with E-state index in [0.29, 0.717) is 28.4 Å². The number of rotatable bonds is 5. The van der Waals surface area contributed by atoms with E-state index in [9.17, 15) is 13.2 Å². The van der Waals surface area contributed by atoms with Crippen molar-refractivity contribution in [2.75, 3.05) is 16.8 Å². The summed E-state index contributed by atoms with van der Waals surface area (Å²) in [6.07, 6.45) is 0. The number of carbonyl (C=O) groups is 1. The van der Waals surface area contributed by atoms with E-state index >= 15 is 0 Å². The normalized spacial score (nSPS) is 12.4. The van der Waals surface area contributed by atoms with Crippen molar-refractivity contribution in [2.45, 2.75) is 4.90 Å². The van der Waals surface area contributed by atoms with Gasteiger partial charge in [-0.05, 0) is 60.7 Å². The van der Waals surface area contributed by atoms with Crippen LogP contribution in [0.2, 0.25) is 0 Å². The highest BCUT2D eigenvalue weighted by molar-refractivity contribution is 9.10. The molecule has 0 saturated heterocycles. The first kappa shape index (κ1) is 19.3. The van der Waals surface area contributed by atoms with Gasteiger partial charge in [-0.2, -0.15) is 0 Å². The fraction of sp³-hybridized carbons (Fsp3) is 0.0500. The van der Waals surface area contributed by atoms with Crippen molar-refractivity contribution in [3.8, 4) is 11.5 Å². The summed E-state index contributed by atoms with van der Waals surface area (Å²) in [6, 6.07) is 17.6. The van der Waals surface area contributed by atoms with Gasteiger partial charge in [0.15, 0.2) is 11.5 Å². The Kier molecular flexibility index (Phi) is 5.16. The maximum absolute atomic E-state index is 12.4. The zero-order valence-electron chi connectivity index (χ0n) is 14.9. The summed E-state index contributed by atoms with van der Waals surface area (Å²) in [5, 5.41) is 2.77. The molecule has 9 heteroatoms. The Morgan fingerprint density at radius 1 is 0.862 bits per heavy atom.